The van der Waals surface area contributed by atoms with Gasteiger partial charge in [-0.05, 0) is 35.7 Å². The van der Waals surface area contributed by atoms with Crippen molar-refractivity contribution in [1.82, 2.24) is 15.6 Å². The van der Waals surface area contributed by atoms with E-state index in [1.165, 1.54) is 12.3 Å². The Morgan fingerprint density at radius 2 is 2.00 bits per heavy atom. The van der Waals surface area contributed by atoms with Crippen LogP contribution in [-0.2, 0) is 13.0 Å². The molecule has 0 aliphatic heterocycles. The Hall–Kier alpha value is -2.68. The van der Waals surface area contributed by atoms with Gasteiger partial charge in [0.1, 0.15) is 5.75 Å². The van der Waals surface area contributed by atoms with Crippen LogP contribution in [0.5, 0.6) is 11.6 Å². The summed E-state index contributed by atoms with van der Waals surface area (Å²) in [6, 6.07) is 8.63. The lowest BCUT2D eigenvalue weighted by molar-refractivity contribution is -0.154. The number of aliphatic imine (C=N–C) groups is 1. The minimum atomic E-state index is -4.41. The predicted octanol–water partition coefficient (Wildman–Crippen LogP) is 3.59. The molecular weight excluding hydrogens is 409 g/mol. The first-order chi connectivity index (χ1) is 13.8. The van der Waals surface area contributed by atoms with Gasteiger partial charge in [0.25, 0.3) is 0 Å². The number of hydrogen-bond donors (Lipinski definition) is 2. The lowest BCUT2D eigenvalue weighted by Crippen LogP contribution is -2.37. The van der Waals surface area contributed by atoms with E-state index in [-0.39, 0.29) is 5.88 Å². The van der Waals surface area contributed by atoms with Crippen LogP contribution in [0.15, 0.2) is 41.5 Å². The molecule has 0 amide bonds. The van der Waals surface area contributed by atoms with Gasteiger partial charge in [0.15, 0.2) is 12.6 Å². The first-order valence-electron chi connectivity index (χ1n) is 8.72. The maximum atomic E-state index is 12.2. The quantitative estimate of drug-likeness (QED) is 0.495. The summed E-state index contributed by atoms with van der Waals surface area (Å²) in [5, 5.41) is 6.86. The number of rotatable bonds is 8. The lowest BCUT2D eigenvalue weighted by Gasteiger charge is -2.13. The largest absolute Gasteiger partial charge is 0.497 e. The Bertz CT molecular complexity index is 831. The Kier molecular flexibility index (Phi) is 8.38. The average molecular weight is 431 g/mol. The molecule has 0 unspecified atom stereocenters. The second kappa shape index (κ2) is 10.8. The van der Waals surface area contributed by atoms with Crippen LogP contribution in [0.2, 0.25) is 5.02 Å². The molecule has 2 aromatic rings. The van der Waals surface area contributed by atoms with Crippen LogP contribution in [0.3, 0.4) is 0 Å². The first-order valence-corrected chi connectivity index (χ1v) is 9.10. The van der Waals surface area contributed by atoms with E-state index in [4.69, 9.17) is 16.3 Å². The van der Waals surface area contributed by atoms with Gasteiger partial charge in [0.2, 0.25) is 5.88 Å². The van der Waals surface area contributed by atoms with Crippen LogP contribution in [0.25, 0.3) is 0 Å². The van der Waals surface area contributed by atoms with Crippen molar-refractivity contribution in [3.05, 3.63) is 52.7 Å². The summed E-state index contributed by atoms with van der Waals surface area (Å²) >= 11 is 6.23. The summed E-state index contributed by atoms with van der Waals surface area (Å²) in [5.41, 5.74) is 1.68. The molecule has 0 spiro atoms. The molecule has 29 heavy (non-hydrogen) atoms. The third-order valence-electron chi connectivity index (χ3n) is 3.81. The summed E-state index contributed by atoms with van der Waals surface area (Å²) in [6.45, 7) is -0.454. The van der Waals surface area contributed by atoms with Crippen molar-refractivity contribution in [3.8, 4) is 11.6 Å². The van der Waals surface area contributed by atoms with E-state index in [9.17, 15) is 13.2 Å². The molecule has 1 aromatic heterocycles. The second-order valence-electron chi connectivity index (χ2n) is 5.97. The zero-order chi connectivity index (χ0) is 21.3. The van der Waals surface area contributed by atoms with Crippen LogP contribution in [0.1, 0.15) is 11.1 Å². The maximum Gasteiger partial charge on any atom is 0.422 e. The van der Waals surface area contributed by atoms with Gasteiger partial charge in [-0.3, -0.25) is 4.99 Å². The van der Waals surface area contributed by atoms with Gasteiger partial charge in [-0.1, -0.05) is 17.7 Å². The molecule has 0 saturated carbocycles. The molecular formula is C19H22ClF3N4O2. The van der Waals surface area contributed by atoms with Crippen molar-refractivity contribution in [3.63, 3.8) is 0 Å². The molecule has 0 saturated heterocycles. The van der Waals surface area contributed by atoms with Crippen LogP contribution in [-0.4, -0.2) is 44.4 Å². The van der Waals surface area contributed by atoms with Gasteiger partial charge in [-0.15, -0.1) is 0 Å². The minimum Gasteiger partial charge on any atom is -0.497 e. The zero-order valence-corrected chi connectivity index (χ0v) is 16.8. The number of ether oxygens (including phenoxy) is 2. The average Bonchev–Trinajstić information content (AvgIpc) is 2.69. The molecule has 1 heterocycles. The van der Waals surface area contributed by atoms with Crippen LogP contribution >= 0.6 is 11.6 Å². The highest BCUT2D eigenvalue weighted by atomic mass is 35.5. The highest BCUT2D eigenvalue weighted by Gasteiger charge is 2.28. The Labute approximate surface area is 172 Å². The van der Waals surface area contributed by atoms with E-state index < -0.39 is 12.8 Å². The molecule has 0 radical (unpaired) electrons. The van der Waals surface area contributed by atoms with E-state index >= 15 is 0 Å². The molecule has 1 aromatic carbocycles. The Morgan fingerprint density at radius 1 is 1.21 bits per heavy atom. The van der Waals surface area contributed by atoms with Crippen molar-refractivity contribution in [2.75, 3.05) is 27.3 Å². The molecule has 0 fully saturated rings. The molecule has 158 valence electrons. The number of pyridine rings is 1. The summed E-state index contributed by atoms with van der Waals surface area (Å²) in [6.07, 6.45) is -2.34. The number of halogens is 4. The summed E-state index contributed by atoms with van der Waals surface area (Å²) in [5.74, 6) is 1.16. The van der Waals surface area contributed by atoms with E-state index in [1.54, 1.807) is 26.3 Å². The number of nitrogens with zero attached hydrogens (tertiary/aromatic N) is 2. The van der Waals surface area contributed by atoms with Gasteiger partial charge in [0, 0.05) is 37.4 Å². The number of nitrogens with one attached hydrogen (secondary N) is 2. The van der Waals surface area contributed by atoms with Crippen LogP contribution in [0, 0.1) is 0 Å². The van der Waals surface area contributed by atoms with Gasteiger partial charge in [-0.2, -0.15) is 13.2 Å². The van der Waals surface area contributed by atoms with Crippen LogP contribution in [0.4, 0.5) is 13.2 Å². The smallest absolute Gasteiger partial charge is 0.422 e. The molecule has 0 atom stereocenters. The molecule has 10 heteroatoms. The second-order valence-corrected chi connectivity index (χ2v) is 6.37. The first kappa shape index (κ1) is 22.6. The maximum absolute atomic E-state index is 12.2. The van der Waals surface area contributed by atoms with Gasteiger partial charge >= 0.3 is 6.18 Å². The van der Waals surface area contributed by atoms with E-state index in [2.05, 4.69) is 25.3 Å². The van der Waals surface area contributed by atoms with Crippen molar-refractivity contribution >= 4 is 17.6 Å². The van der Waals surface area contributed by atoms with Crippen molar-refractivity contribution in [1.29, 1.82) is 0 Å². The van der Waals surface area contributed by atoms with Gasteiger partial charge in [-0.25, -0.2) is 4.98 Å². The highest BCUT2D eigenvalue weighted by Crippen LogP contribution is 2.22. The monoisotopic (exact) mass is 430 g/mol. The topological polar surface area (TPSA) is 67.8 Å². The van der Waals surface area contributed by atoms with Crippen molar-refractivity contribution in [2.45, 2.75) is 19.1 Å². The Morgan fingerprint density at radius 3 is 2.66 bits per heavy atom. The van der Waals surface area contributed by atoms with Crippen LogP contribution < -0.4 is 20.1 Å². The normalized spacial score (nSPS) is 11.9. The van der Waals surface area contributed by atoms with Crippen molar-refractivity contribution < 1.29 is 22.6 Å². The lowest BCUT2D eigenvalue weighted by atomic mass is 10.1. The number of guanidine groups is 1. The highest BCUT2D eigenvalue weighted by molar-refractivity contribution is 6.31. The van der Waals surface area contributed by atoms with Gasteiger partial charge < -0.3 is 20.1 Å². The van der Waals surface area contributed by atoms with Gasteiger partial charge in [0.05, 0.1) is 7.11 Å². The van der Waals surface area contributed by atoms with Crippen molar-refractivity contribution in [2.24, 2.45) is 4.99 Å². The predicted molar refractivity (Wildman–Crippen MR) is 106 cm³/mol. The number of methoxy groups -OCH3 is 1. The van der Waals surface area contributed by atoms with E-state index in [1.807, 2.05) is 12.1 Å². The summed E-state index contributed by atoms with van der Waals surface area (Å²) in [4.78, 5) is 7.90. The molecule has 2 rings (SSSR count). The number of benzene rings is 1. The molecule has 0 aliphatic rings. The summed E-state index contributed by atoms with van der Waals surface area (Å²) in [7, 11) is 3.21. The fraction of sp³-hybridized carbons (Fsp3) is 0.368. The number of aromatic nitrogens is 1. The Balaban J connectivity index is 1.82. The summed E-state index contributed by atoms with van der Waals surface area (Å²) < 4.78 is 46.5. The molecule has 2 N–H and O–H groups in total. The zero-order valence-electron chi connectivity index (χ0n) is 16.0. The van der Waals surface area contributed by atoms with E-state index in [0.29, 0.717) is 41.8 Å². The third kappa shape index (κ3) is 8.06. The number of alkyl halides is 3. The molecule has 0 aliphatic carbocycles. The molecule has 0 bridgehead atoms. The molecule has 6 nitrogen and oxygen atoms in total. The SMILES string of the molecule is CN=C(NCCc1ccc(OC)cc1Cl)NCc1ccnc(OCC(F)(F)F)c1. The minimum absolute atomic E-state index is 0.0845. The fourth-order valence-electron chi connectivity index (χ4n) is 2.37. The standard InChI is InChI=1S/C19H22ClF3N4O2/c1-24-18(26-8-6-14-3-4-15(28-2)10-16(14)20)27-11-13-5-7-25-17(9-13)29-12-19(21,22)23/h3-5,7,9-10H,6,8,11-12H2,1-2H3,(H2,24,26,27). The third-order valence-corrected chi connectivity index (χ3v) is 4.17. The van der Waals surface area contributed by atoms with E-state index in [0.717, 1.165) is 5.56 Å². The fourth-order valence-corrected chi connectivity index (χ4v) is 2.64. The number of hydrogen-bond acceptors (Lipinski definition) is 4.